The van der Waals surface area contributed by atoms with E-state index in [4.69, 9.17) is 0 Å². The van der Waals surface area contributed by atoms with Crippen molar-refractivity contribution >= 4 is 63.2 Å². The summed E-state index contributed by atoms with van der Waals surface area (Å²) in [6.07, 6.45) is -0.0587. The van der Waals surface area contributed by atoms with Crippen LogP contribution in [0.1, 0.15) is 33.6 Å². The highest BCUT2D eigenvalue weighted by Crippen LogP contribution is 2.34. The van der Waals surface area contributed by atoms with Crippen LogP contribution in [0.15, 0.2) is 63.9 Å². The van der Waals surface area contributed by atoms with Crippen molar-refractivity contribution in [3.05, 3.63) is 81.0 Å². The lowest BCUT2D eigenvalue weighted by atomic mass is 10.1. The SMILES string of the molecule is Cc1cc(C)c(NC(=O)CSC2=Nc3ccccc3C3=N[C@H](CC(=O)NCc4cccs4)C(=O)N23)c(C)c1. The quantitative estimate of drug-likeness (QED) is 0.449. The van der Waals surface area contributed by atoms with Gasteiger partial charge in [-0.25, -0.2) is 9.89 Å². The van der Waals surface area contributed by atoms with Gasteiger partial charge in [0.15, 0.2) is 5.17 Å². The number of anilines is 1. The Morgan fingerprint density at radius 3 is 2.55 bits per heavy atom. The topological polar surface area (TPSA) is 103 Å². The summed E-state index contributed by atoms with van der Waals surface area (Å²) in [5.74, 6) is -0.233. The number of thioether (sulfide) groups is 1. The van der Waals surface area contributed by atoms with E-state index in [9.17, 15) is 14.4 Å². The number of hydrogen-bond acceptors (Lipinski definition) is 7. The lowest BCUT2D eigenvalue weighted by molar-refractivity contribution is -0.128. The highest BCUT2D eigenvalue weighted by Gasteiger charge is 2.42. The van der Waals surface area contributed by atoms with Crippen LogP contribution in [0.5, 0.6) is 0 Å². The molecular weight excluding hydrogens is 518 g/mol. The average Bonchev–Trinajstić information content (AvgIpc) is 3.52. The lowest BCUT2D eigenvalue weighted by Crippen LogP contribution is -2.42. The van der Waals surface area contributed by atoms with Gasteiger partial charge in [0.1, 0.15) is 11.9 Å². The van der Waals surface area contributed by atoms with Crippen molar-refractivity contribution in [2.45, 2.75) is 39.8 Å². The van der Waals surface area contributed by atoms with E-state index in [1.165, 1.54) is 16.7 Å². The molecule has 0 spiro atoms. The number of hydrogen-bond donors (Lipinski definition) is 2. The summed E-state index contributed by atoms with van der Waals surface area (Å²) in [5, 5.41) is 8.18. The number of carbonyl (C=O) groups is 3. The number of amidine groups is 2. The normalized spacial score (nSPS) is 15.9. The number of aliphatic imine (C=N–C) groups is 2. The summed E-state index contributed by atoms with van der Waals surface area (Å²) in [5.41, 5.74) is 5.32. The number of para-hydroxylation sites is 1. The first-order valence-corrected chi connectivity index (χ1v) is 14.1. The van der Waals surface area contributed by atoms with Gasteiger partial charge in [-0.15, -0.1) is 11.3 Å². The van der Waals surface area contributed by atoms with Gasteiger partial charge in [0.2, 0.25) is 11.8 Å². The molecule has 38 heavy (non-hydrogen) atoms. The number of aryl methyl sites for hydroxylation is 3. The monoisotopic (exact) mass is 545 g/mol. The van der Waals surface area contributed by atoms with Crippen molar-refractivity contribution in [1.29, 1.82) is 0 Å². The summed E-state index contributed by atoms with van der Waals surface area (Å²) in [4.78, 5) is 50.7. The van der Waals surface area contributed by atoms with Gasteiger partial charge in [-0.1, -0.05) is 47.7 Å². The molecule has 3 aromatic rings. The maximum atomic E-state index is 13.4. The molecule has 0 saturated carbocycles. The second kappa shape index (κ2) is 10.9. The Balaban J connectivity index is 1.30. The van der Waals surface area contributed by atoms with Crippen LogP contribution in [0.2, 0.25) is 0 Å². The van der Waals surface area contributed by atoms with E-state index in [0.29, 0.717) is 23.2 Å². The fourth-order valence-corrected chi connectivity index (χ4v) is 6.01. The molecule has 1 atom stereocenters. The van der Waals surface area contributed by atoms with Crippen LogP contribution >= 0.6 is 23.1 Å². The molecule has 3 heterocycles. The van der Waals surface area contributed by atoms with Crippen LogP contribution in [0.3, 0.4) is 0 Å². The molecule has 5 rings (SSSR count). The number of benzene rings is 2. The van der Waals surface area contributed by atoms with Crippen LogP contribution in [0, 0.1) is 20.8 Å². The fourth-order valence-electron chi connectivity index (χ4n) is 4.56. The highest BCUT2D eigenvalue weighted by atomic mass is 32.2. The predicted octanol–water partition coefficient (Wildman–Crippen LogP) is 4.71. The largest absolute Gasteiger partial charge is 0.351 e. The molecule has 10 heteroatoms. The molecule has 8 nitrogen and oxygen atoms in total. The number of rotatable bonds is 7. The van der Waals surface area contributed by atoms with Gasteiger partial charge in [0.05, 0.1) is 24.4 Å². The second-order valence-corrected chi connectivity index (χ2v) is 11.2. The Labute approximate surface area is 229 Å². The molecule has 2 N–H and O–H groups in total. The third kappa shape index (κ3) is 5.41. The molecule has 0 aliphatic carbocycles. The minimum absolute atomic E-state index is 0.0587. The Hall–Kier alpha value is -3.76. The molecule has 2 aromatic carbocycles. The summed E-state index contributed by atoms with van der Waals surface area (Å²) in [6, 6.07) is 14.5. The van der Waals surface area contributed by atoms with Gasteiger partial charge in [0, 0.05) is 16.1 Å². The van der Waals surface area contributed by atoms with Gasteiger partial charge in [-0.2, -0.15) is 0 Å². The van der Waals surface area contributed by atoms with Crippen molar-refractivity contribution in [1.82, 2.24) is 10.2 Å². The van der Waals surface area contributed by atoms with Gasteiger partial charge >= 0.3 is 0 Å². The maximum Gasteiger partial charge on any atom is 0.259 e. The average molecular weight is 546 g/mol. The van der Waals surface area contributed by atoms with Crippen molar-refractivity contribution in [2.75, 3.05) is 11.1 Å². The van der Waals surface area contributed by atoms with E-state index < -0.39 is 6.04 Å². The molecule has 1 aromatic heterocycles. The molecule has 2 aliphatic heterocycles. The van der Waals surface area contributed by atoms with Gasteiger partial charge < -0.3 is 10.6 Å². The number of nitrogens with one attached hydrogen (secondary N) is 2. The summed E-state index contributed by atoms with van der Waals surface area (Å²) in [7, 11) is 0. The molecule has 2 aliphatic rings. The fraction of sp³-hybridized carbons (Fsp3) is 0.250. The first-order valence-electron chi connectivity index (χ1n) is 12.2. The highest BCUT2D eigenvalue weighted by molar-refractivity contribution is 8.14. The van der Waals surface area contributed by atoms with Crippen LogP contribution in [-0.2, 0) is 20.9 Å². The van der Waals surface area contributed by atoms with Crippen LogP contribution in [-0.4, -0.2) is 45.4 Å². The van der Waals surface area contributed by atoms with Crippen LogP contribution < -0.4 is 10.6 Å². The van der Waals surface area contributed by atoms with E-state index in [-0.39, 0.29) is 29.9 Å². The lowest BCUT2D eigenvalue weighted by Gasteiger charge is -2.25. The molecule has 0 fully saturated rings. The standard InChI is InChI=1S/C28H27N5O3S2/c1-16-11-17(2)25(18(3)12-16)32-24(35)15-38-28-31-21-9-5-4-8-20(21)26-30-22(27(36)33(26)28)13-23(34)29-14-19-7-6-10-37-19/h4-12,22H,13-15H2,1-3H3,(H,29,34)(H,32,35)/t22-/m1/s1. The Morgan fingerprint density at radius 2 is 1.82 bits per heavy atom. The van der Waals surface area contributed by atoms with Crippen molar-refractivity contribution in [3.63, 3.8) is 0 Å². The number of carbonyl (C=O) groups excluding carboxylic acids is 3. The van der Waals surface area contributed by atoms with Crippen molar-refractivity contribution in [2.24, 2.45) is 9.98 Å². The first kappa shape index (κ1) is 25.9. The Kier molecular flexibility index (Phi) is 7.44. The van der Waals surface area contributed by atoms with Crippen LogP contribution in [0.4, 0.5) is 11.4 Å². The molecule has 0 bridgehead atoms. The molecule has 3 amide bonds. The zero-order valence-corrected chi connectivity index (χ0v) is 22.9. The predicted molar refractivity (Wildman–Crippen MR) is 153 cm³/mol. The first-order chi connectivity index (χ1) is 18.3. The third-order valence-corrected chi connectivity index (χ3v) is 8.06. The van der Waals surface area contributed by atoms with E-state index in [1.54, 1.807) is 11.3 Å². The molecule has 0 radical (unpaired) electrons. The van der Waals surface area contributed by atoms with E-state index in [0.717, 1.165) is 32.8 Å². The van der Waals surface area contributed by atoms with E-state index >= 15 is 0 Å². The van der Waals surface area contributed by atoms with Crippen molar-refractivity contribution in [3.8, 4) is 0 Å². The Bertz CT molecular complexity index is 1460. The van der Waals surface area contributed by atoms with Crippen molar-refractivity contribution < 1.29 is 14.4 Å². The summed E-state index contributed by atoms with van der Waals surface area (Å²) >= 11 is 2.73. The minimum atomic E-state index is -0.850. The number of amides is 3. The van der Waals surface area contributed by atoms with E-state index in [1.807, 2.05) is 74.7 Å². The molecule has 194 valence electrons. The zero-order valence-electron chi connectivity index (χ0n) is 21.3. The summed E-state index contributed by atoms with van der Waals surface area (Å²) in [6.45, 7) is 6.37. The zero-order chi connectivity index (χ0) is 26.8. The number of nitrogens with zero attached hydrogens (tertiary/aromatic N) is 3. The molecular formula is C28H27N5O3S2. The third-order valence-electron chi connectivity index (χ3n) is 6.24. The van der Waals surface area contributed by atoms with Crippen LogP contribution in [0.25, 0.3) is 0 Å². The van der Waals surface area contributed by atoms with Gasteiger partial charge in [0.25, 0.3) is 5.91 Å². The smallest absolute Gasteiger partial charge is 0.259 e. The van der Waals surface area contributed by atoms with Gasteiger partial charge in [-0.05, 0) is 55.5 Å². The number of thiophene rings is 1. The molecule has 0 unspecified atom stereocenters. The van der Waals surface area contributed by atoms with E-state index in [2.05, 4.69) is 20.6 Å². The maximum absolute atomic E-state index is 13.4. The number of fused-ring (bicyclic) bond motifs is 3. The second-order valence-electron chi connectivity index (χ2n) is 9.22. The minimum Gasteiger partial charge on any atom is -0.351 e. The summed E-state index contributed by atoms with van der Waals surface area (Å²) < 4.78 is 0. The Morgan fingerprint density at radius 1 is 1.05 bits per heavy atom. The van der Waals surface area contributed by atoms with Gasteiger partial charge in [-0.3, -0.25) is 19.4 Å². The molecule has 0 saturated heterocycles.